The van der Waals surface area contributed by atoms with Crippen LogP contribution in [0.25, 0.3) is 0 Å². The summed E-state index contributed by atoms with van der Waals surface area (Å²) in [7, 11) is -3.72. The maximum Gasteiger partial charge on any atom is 0.248 e. The lowest BCUT2D eigenvalue weighted by Crippen LogP contribution is -2.37. The highest BCUT2D eigenvalue weighted by molar-refractivity contribution is 9.10. The van der Waals surface area contributed by atoms with Gasteiger partial charge < -0.3 is 11.5 Å². The van der Waals surface area contributed by atoms with Crippen LogP contribution in [0, 0.1) is 0 Å². The van der Waals surface area contributed by atoms with Gasteiger partial charge in [0.25, 0.3) is 0 Å². The van der Waals surface area contributed by atoms with Crippen molar-refractivity contribution in [3.05, 3.63) is 28.2 Å². The van der Waals surface area contributed by atoms with E-state index in [9.17, 15) is 13.2 Å². The van der Waals surface area contributed by atoms with Crippen molar-refractivity contribution in [3.63, 3.8) is 0 Å². The normalized spacial score (nSPS) is 12.6. The average Bonchev–Trinajstić information content (AvgIpc) is 2.27. The maximum atomic E-state index is 12.0. The van der Waals surface area contributed by atoms with E-state index in [1.807, 2.05) is 0 Å². The summed E-state index contributed by atoms with van der Waals surface area (Å²) in [5.74, 6) is -0.695. The summed E-state index contributed by atoms with van der Waals surface area (Å²) >= 11 is 3.13. The number of nitrogens with two attached hydrogens (primary N) is 2. The van der Waals surface area contributed by atoms with Gasteiger partial charge >= 0.3 is 0 Å². The largest absolute Gasteiger partial charge is 0.366 e. The smallest absolute Gasteiger partial charge is 0.248 e. The van der Waals surface area contributed by atoms with Crippen LogP contribution in [0.15, 0.2) is 27.6 Å². The van der Waals surface area contributed by atoms with Gasteiger partial charge in [-0.2, -0.15) is 0 Å². The number of halogens is 2. The first-order valence-corrected chi connectivity index (χ1v) is 7.36. The molecule has 0 spiro atoms. The summed E-state index contributed by atoms with van der Waals surface area (Å²) in [5, 5.41) is 0. The number of sulfonamides is 1. The van der Waals surface area contributed by atoms with E-state index in [1.165, 1.54) is 18.2 Å². The van der Waals surface area contributed by atoms with E-state index in [-0.39, 0.29) is 29.4 Å². The number of nitrogens with one attached hydrogen (secondary N) is 1. The molecule has 1 aromatic carbocycles. The van der Waals surface area contributed by atoms with E-state index < -0.39 is 22.0 Å². The van der Waals surface area contributed by atoms with Crippen molar-refractivity contribution < 1.29 is 13.2 Å². The molecule has 108 valence electrons. The molecule has 0 saturated heterocycles. The van der Waals surface area contributed by atoms with Crippen LogP contribution in [0.4, 0.5) is 0 Å². The fourth-order valence-electron chi connectivity index (χ4n) is 1.24. The molecule has 0 fully saturated rings. The lowest BCUT2D eigenvalue weighted by molar-refractivity contribution is 0.1000. The first-order chi connectivity index (χ1) is 8.26. The van der Waals surface area contributed by atoms with Crippen LogP contribution in [0.1, 0.15) is 17.3 Å². The molecule has 0 aliphatic rings. The predicted octanol–water partition coefficient (Wildman–Crippen LogP) is 0.595. The molecule has 1 atom stereocenters. The quantitative estimate of drug-likeness (QED) is 0.701. The number of amides is 1. The van der Waals surface area contributed by atoms with Crippen molar-refractivity contribution in [3.8, 4) is 0 Å². The minimum absolute atomic E-state index is 0. The van der Waals surface area contributed by atoms with Gasteiger partial charge in [-0.1, -0.05) is 15.9 Å². The topological polar surface area (TPSA) is 115 Å². The van der Waals surface area contributed by atoms with Crippen molar-refractivity contribution >= 4 is 44.3 Å². The number of hydrogen-bond acceptors (Lipinski definition) is 4. The van der Waals surface area contributed by atoms with Gasteiger partial charge in [-0.15, -0.1) is 12.4 Å². The van der Waals surface area contributed by atoms with E-state index in [0.29, 0.717) is 4.47 Å². The zero-order chi connectivity index (χ0) is 13.9. The van der Waals surface area contributed by atoms with Gasteiger partial charge in [-0.3, -0.25) is 4.79 Å². The van der Waals surface area contributed by atoms with Crippen molar-refractivity contribution in [1.82, 2.24) is 4.72 Å². The maximum absolute atomic E-state index is 12.0. The van der Waals surface area contributed by atoms with Crippen molar-refractivity contribution in [1.29, 1.82) is 0 Å². The minimum atomic E-state index is -3.72. The summed E-state index contributed by atoms with van der Waals surface area (Å²) in [6.45, 7) is 1.82. The Morgan fingerprint density at radius 3 is 2.47 bits per heavy atom. The summed E-state index contributed by atoms with van der Waals surface area (Å²) < 4.78 is 26.8. The fourth-order valence-corrected chi connectivity index (χ4v) is 3.21. The van der Waals surface area contributed by atoms with Crippen LogP contribution in [-0.2, 0) is 10.0 Å². The Kier molecular flexibility index (Phi) is 6.95. The van der Waals surface area contributed by atoms with E-state index in [0.717, 1.165) is 0 Å². The zero-order valence-electron chi connectivity index (χ0n) is 10.1. The molecule has 0 saturated carbocycles. The number of rotatable bonds is 5. The monoisotopic (exact) mass is 371 g/mol. The van der Waals surface area contributed by atoms with E-state index in [4.69, 9.17) is 11.5 Å². The molecule has 0 radical (unpaired) electrons. The van der Waals surface area contributed by atoms with Gasteiger partial charge in [-0.25, -0.2) is 13.1 Å². The molecular weight excluding hydrogens is 358 g/mol. The summed E-state index contributed by atoms with van der Waals surface area (Å²) in [5.41, 5.74) is 10.6. The molecule has 5 N–H and O–H groups in total. The third kappa shape index (κ3) is 5.07. The SMILES string of the molecule is C[C@H](CN)NS(=O)(=O)c1cc(Br)cc(C(N)=O)c1.Cl. The van der Waals surface area contributed by atoms with Crippen LogP contribution >= 0.6 is 28.3 Å². The number of carbonyl (C=O) groups is 1. The Morgan fingerprint density at radius 2 is 2.00 bits per heavy atom. The molecule has 9 heteroatoms. The van der Waals surface area contributed by atoms with Gasteiger partial charge in [0.2, 0.25) is 15.9 Å². The average molecular weight is 373 g/mol. The lowest BCUT2D eigenvalue weighted by Gasteiger charge is -2.12. The molecule has 19 heavy (non-hydrogen) atoms. The molecule has 6 nitrogen and oxygen atoms in total. The molecule has 0 heterocycles. The number of carbonyl (C=O) groups excluding carboxylic acids is 1. The Morgan fingerprint density at radius 1 is 1.42 bits per heavy atom. The summed E-state index contributed by atoms with van der Waals surface area (Å²) in [4.78, 5) is 11.0. The Balaban J connectivity index is 0.00000324. The molecule has 0 unspecified atom stereocenters. The Bertz CT molecular complexity index is 565. The Hall–Kier alpha value is -0.670. The highest BCUT2D eigenvalue weighted by Crippen LogP contribution is 2.19. The van der Waals surface area contributed by atoms with Crippen molar-refractivity contribution in [2.24, 2.45) is 11.5 Å². The third-order valence-corrected chi connectivity index (χ3v) is 4.20. The molecule has 1 aromatic rings. The Labute approximate surface area is 126 Å². The second-order valence-electron chi connectivity index (χ2n) is 3.80. The van der Waals surface area contributed by atoms with E-state index >= 15 is 0 Å². The fraction of sp³-hybridized carbons (Fsp3) is 0.300. The summed E-state index contributed by atoms with van der Waals surface area (Å²) in [6.07, 6.45) is 0. The molecule has 0 aliphatic carbocycles. The van der Waals surface area contributed by atoms with Crippen molar-refractivity contribution in [2.45, 2.75) is 17.9 Å². The number of hydrogen-bond donors (Lipinski definition) is 3. The predicted molar refractivity (Wildman–Crippen MR) is 78.7 cm³/mol. The molecule has 0 aromatic heterocycles. The molecule has 1 rings (SSSR count). The molecule has 0 aliphatic heterocycles. The molecular formula is C10H15BrClN3O3S. The molecule has 1 amide bonds. The minimum Gasteiger partial charge on any atom is -0.366 e. The van der Waals surface area contributed by atoms with Gasteiger partial charge in [0.15, 0.2) is 0 Å². The first kappa shape index (κ1) is 18.3. The number of primary amides is 1. The summed E-state index contributed by atoms with van der Waals surface area (Å²) in [6, 6.07) is 3.66. The van der Waals surface area contributed by atoms with Gasteiger partial charge in [-0.05, 0) is 25.1 Å². The van der Waals surface area contributed by atoms with Gasteiger partial charge in [0.1, 0.15) is 0 Å². The zero-order valence-corrected chi connectivity index (χ0v) is 13.3. The van der Waals surface area contributed by atoms with Crippen molar-refractivity contribution in [2.75, 3.05) is 6.54 Å². The van der Waals surface area contributed by atoms with Crippen LogP contribution in [0.2, 0.25) is 0 Å². The van der Waals surface area contributed by atoms with Crippen LogP contribution in [0.5, 0.6) is 0 Å². The second kappa shape index (κ2) is 7.20. The number of benzene rings is 1. The van der Waals surface area contributed by atoms with Crippen LogP contribution in [0.3, 0.4) is 0 Å². The third-order valence-electron chi connectivity index (χ3n) is 2.18. The van der Waals surface area contributed by atoms with E-state index in [2.05, 4.69) is 20.7 Å². The van der Waals surface area contributed by atoms with Gasteiger partial charge in [0, 0.05) is 22.6 Å². The van der Waals surface area contributed by atoms with Crippen LogP contribution < -0.4 is 16.2 Å². The highest BCUT2D eigenvalue weighted by Gasteiger charge is 2.18. The van der Waals surface area contributed by atoms with E-state index in [1.54, 1.807) is 6.92 Å². The standard InChI is InChI=1S/C10H14BrN3O3S.ClH/c1-6(5-12)14-18(16,17)9-3-7(10(13)15)2-8(11)4-9;/h2-4,6,14H,5,12H2,1H3,(H2,13,15);1H/t6-;/m1./s1. The second-order valence-corrected chi connectivity index (χ2v) is 6.43. The lowest BCUT2D eigenvalue weighted by atomic mass is 10.2. The first-order valence-electron chi connectivity index (χ1n) is 5.09. The van der Waals surface area contributed by atoms with Gasteiger partial charge in [0.05, 0.1) is 4.90 Å². The molecule has 0 bridgehead atoms. The highest BCUT2D eigenvalue weighted by atomic mass is 79.9. The van der Waals surface area contributed by atoms with Crippen LogP contribution in [-0.4, -0.2) is 26.9 Å².